The summed E-state index contributed by atoms with van der Waals surface area (Å²) in [7, 11) is 0. The molecule has 0 atom stereocenters. The molecule has 0 aliphatic rings. The van der Waals surface area contributed by atoms with Crippen molar-refractivity contribution in [3.05, 3.63) is 68.6 Å². The molecule has 0 bridgehead atoms. The number of hydrogen-bond acceptors (Lipinski definition) is 2. The summed E-state index contributed by atoms with van der Waals surface area (Å²) in [5, 5.41) is 22.3. The Balaban J connectivity index is 1.56. The molecular formula is C19H22Br2N4. The number of halogens is 2. The first-order chi connectivity index (χ1) is 12.1. The third-order valence-electron chi connectivity index (χ3n) is 3.72. The lowest BCUT2D eigenvalue weighted by Crippen LogP contribution is -2.26. The van der Waals surface area contributed by atoms with Gasteiger partial charge < -0.3 is 10.6 Å². The van der Waals surface area contributed by atoms with Gasteiger partial charge in [-0.15, -0.1) is 0 Å². The van der Waals surface area contributed by atoms with E-state index in [0.717, 1.165) is 52.4 Å². The molecule has 0 fully saturated rings. The summed E-state index contributed by atoms with van der Waals surface area (Å²) in [5.74, 6) is 0.922. The summed E-state index contributed by atoms with van der Waals surface area (Å²) >= 11 is 6.79. The number of hydrogen-bond donors (Lipinski definition) is 4. The predicted octanol–water partition coefficient (Wildman–Crippen LogP) is 4.91. The van der Waals surface area contributed by atoms with Gasteiger partial charge in [-0.3, -0.25) is 10.8 Å². The predicted molar refractivity (Wildman–Crippen MR) is 112 cm³/mol. The number of nitrogens with one attached hydrogen (secondary N) is 4. The highest BCUT2D eigenvalue weighted by atomic mass is 79.9. The molecule has 25 heavy (non-hydrogen) atoms. The maximum absolute atomic E-state index is 8.01. The molecule has 2 aromatic carbocycles. The van der Waals surface area contributed by atoms with Crippen LogP contribution >= 0.6 is 31.9 Å². The molecule has 6 heteroatoms. The second-order valence-electron chi connectivity index (χ2n) is 5.68. The fraction of sp³-hybridized carbons (Fsp3) is 0.263. The van der Waals surface area contributed by atoms with E-state index in [1.807, 2.05) is 48.5 Å². The molecule has 4 nitrogen and oxygen atoms in total. The topological polar surface area (TPSA) is 71.8 Å². The van der Waals surface area contributed by atoms with Crippen molar-refractivity contribution < 1.29 is 0 Å². The number of benzene rings is 2. The summed E-state index contributed by atoms with van der Waals surface area (Å²) in [6.07, 6.45) is 3.07. The van der Waals surface area contributed by atoms with Gasteiger partial charge in [0.2, 0.25) is 0 Å². The fourth-order valence-electron chi connectivity index (χ4n) is 2.29. The molecule has 0 radical (unpaired) electrons. The van der Waals surface area contributed by atoms with Gasteiger partial charge >= 0.3 is 0 Å². The molecular weight excluding hydrogens is 444 g/mol. The summed E-state index contributed by atoms with van der Waals surface area (Å²) in [6.45, 7) is 1.58. The van der Waals surface area contributed by atoms with E-state index in [0.29, 0.717) is 11.7 Å². The van der Waals surface area contributed by atoms with Crippen molar-refractivity contribution in [3.8, 4) is 0 Å². The monoisotopic (exact) mass is 464 g/mol. The van der Waals surface area contributed by atoms with E-state index in [-0.39, 0.29) is 0 Å². The SMILES string of the molecule is N=C(NCCCCCNC(=N)c1ccc(Br)cc1)c1ccc(Br)cc1. The van der Waals surface area contributed by atoms with Crippen molar-refractivity contribution in [3.63, 3.8) is 0 Å². The largest absolute Gasteiger partial charge is 0.370 e. The van der Waals surface area contributed by atoms with Gasteiger partial charge in [0.1, 0.15) is 11.7 Å². The van der Waals surface area contributed by atoms with Crippen molar-refractivity contribution in [1.82, 2.24) is 10.6 Å². The van der Waals surface area contributed by atoms with Gasteiger partial charge in [0.05, 0.1) is 0 Å². The molecule has 0 unspecified atom stereocenters. The van der Waals surface area contributed by atoms with Gasteiger partial charge in [-0.05, 0) is 43.5 Å². The van der Waals surface area contributed by atoms with Gasteiger partial charge in [0.15, 0.2) is 0 Å². The Morgan fingerprint density at radius 3 is 1.36 bits per heavy atom. The van der Waals surface area contributed by atoms with E-state index >= 15 is 0 Å². The Labute approximate surface area is 165 Å². The van der Waals surface area contributed by atoms with Crippen LogP contribution in [0.25, 0.3) is 0 Å². The van der Waals surface area contributed by atoms with Crippen LogP contribution in [0.15, 0.2) is 57.5 Å². The van der Waals surface area contributed by atoms with Gasteiger partial charge in [0.25, 0.3) is 0 Å². The van der Waals surface area contributed by atoms with Crippen molar-refractivity contribution >= 4 is 43.5 Å². The molecule has 0 spiro atoms. The average molecular weight is 466 g/mol. The van der Waals surface area contributed by atoms with E-state index in [9.17, 15) is 0 Å². The first-order valence-corrected chi connectivity index (χ1v) is 9.81. The Morgan fingerprint density at radius 2 is 1.00 bits per heavy atom. The minimum Gasteiger partial charge on any atom is -0.370 e. The molecule has 2 rings (SSSR count). The van der Waals surface area contributed by atoms with Crippen LogP contribution in [0.3, 0.4) is 0 Å². The van der Waals surface area contributed by atoms with Crippen LogP contribution in [0, 0.1) is 10.8 Å². The maximum Gasteiger partial charge on any atom is 0.125 e. The van der Waals surface area contributed by atoms with Gasteiger partial charge in [-0.25, -0.2) is 0 Å². The van der Waals surface area contributed by atoms with E-state index in [1.165, 1.54) is 0 Å². The molecule has 132 valence electrons. The van der Waals surface area contributed by atoms with E-state index in [2.05, 4.69) is 42.5 Å². The van der Waals surface area contributed by atoms with Crippen molar-refractivity contribution in [2.75, 3.05) is 13.1 Å². The van der Waals surface area contributed by atoms with Crippen LogP contribution in [-0.4, -0.2) is 24.8 Å². The lowest BCUT2D eigenvalue weighted by atomic mass is 10.2. The van der Waals surface area contributed by atoms with Gasteiger partial charge in [0, 0.05) is 33.2 Å². The highest BCUT2D eigenvalue weighted by Crippen LogP contribution is 2.11. The zero-order valence-electron chi connectivity index (χ0n) is 13.9. The minimum atomic E-state index is 0.461. The highest BCUT2D eigenvalue weighted by Gasteiger charge is 2.01. The third-order valence-corrected chi connectivity index (χ3v) is 4.78. The standard InChI is InChI=1S/C19H22Br2N4/c20-16-8-4-14(5-9-16)18(22)24-12-2-1-3-13-25-19(23)15-6-10-17(21)11-7-15/h4-11H,1-3,12-13H2,(H2,22,24)(H2,23,25). The van der Waals surface area contributed by atoms with Crippen LogP contribution in [0.4, 0.5) is 0 Å². The van der Waals surface area contributed by atoms with E-state index in [1.54, 1.807) is 0 Å². The van der Waals surface area contributed by atoms with Crippen molar-refractivity contribution in [2.24, 2.45) is 0 Å². The summed E-state index contributed by atoms with van der Waals surface area (Å²) in [4.78, 5) is 0. The molecule has 0 saturated heterocycles. The second-order valence-corrected chi connectivity index (χ2v) is 7.51. The van der Waals surface area contributed by atoms with Crippen LogP contribution in [-0.2, 0) is 0 Å². The Kier molecular flexibility index (Phi) is 8.15. The molecule has 4 N–H and O–H groups in total. The van der Waals surface area contributed by atoms with Crippen molar-refractivity contribution in [2.45, 2.75) is 19.3 Å². The molecule has 0 saturated carbocycles. The number of unbranched alkanes of at least 4 members (excludes halogenated alkanes) is 2. The minimum absolute atomic E-state index is 0.461. The molecule has 0 aliphatic heterocycles. The maximum atomic E-state index is 8.01. The van der Waals surface area contributed by atoms with E-state index in [4.69, 9.17) is 10.8 Å². The lowest BCUT2D eigenvalue weighted by Gasteiger charge is -2.10. The summed E-state index contributed by atoms with van der Waals surface area (Å²) in [6, 6.07) is 15.5. The van der Waals surface area contributed by atoms with Gasteiger partial charge in [-0.1, -0.05) is 56.1 Å². The Bertz CT molecular complexity index is 635. The Morgan fingerprint density at radius 1 is 0.640 bits per heavy atom. The summed E-state index contributed by atoms with van der Waals surface area (Å²) in [5.41, 5.74) is 1.79. The van der Waals surface area contributed by atoms with Crippen LogP contribution < -0.4 is 10.6 Å². The second kappa shape index (κ2) is 10.4. The molecule has 0 aliphatic carbocycles. The molecule has 0 aromatic heterocycles. The zero-order chi connectivity index (χ0) is 18.1. The van der Waals surface area contributed by atoms with Crippen molar-refractivity contribution in [1.29, 1.82) is 10.8 Å². The van der Waals surface area contributed by atoms with Crippen LogP contribution in [0.1, 0.15) is 30.4 Å². The zero-order valence-corrected chi connectivity index (χ0v) is 17.1. The number of amidine groups is 2. The third kappa shape index (κ3) is 7.00. The number of rotatable bonds is 8. The molecule has 2 aromatic rings. The smallest absolute Gasteiger partial charge is 0.125 e. The fourth-order valence-corrected chi connectivity index (χ4v) is 2.82. The van der Waals surface area contributed by atoms with Gasteiger partial charge in [-0.2, -0.15) is 0 Å². The quantitative estimate of drug-likeness (QED) is 0.254. The normalized spacial score (nSPS) is 10.3. The Hall–Kier alpha value is -1.66. The lowest BCUT2D eigenvalue weighted by molar-refractivity contribution is 0.651. The molecule has 0 amide bonds. The average Bonchev–Trinajstić information content (AvgIpc) is 2.61. The molecule has 0 heterocycles. The summed E-state index contributed by atoms with van der Waals surface area (Å²) < 4.78 is 2.04. The van der Waals surface area contributed by atoms with Crippen LogP contribution in [0.5, 0.6) is 0 Å². The van der Waals surface area contributed by atoms with E-state index < -0.39 is 0 Å². The van der Waals surface area contributed by atoms with Crippen LogP contribution in [0.2, 0.25) is 0 Å². The highest BCUT2D eigenvalue weighted by molar-refractivity contribution is 9.10. The first kappa shape index (κ1) is 19.7. The first-order valence-electron chi connectivity index (χ1n) is 8.23.